The standard InChI is InChI=1S/C11H18N2O3/c1-11(2,3)12-10(16)13-7-4-6(7)5-8(13)9(14)15/h6-8H,4-5H2,1-3H3,(H,12,16)(H,14,15)/t6-,7-,8-/m0/s1. The monoisotopic (exact) mass is 226 g/mol. The van der Waals surface area contributed by atoms with Crippen molar-refractivity contribution >= 4 is 12.0 Å². The summed E-state index contributed by atoms with van der Waals surface area (Å²) >= 11 is 0. The van der Waals surface area contributed by atoms with Crippen molar-refractivity contribution in [2.75, 3.05) is 0 Å². The average molecular weight is 226 g/mol. The summed E-state index contributed by atoms with van der Waals surface area (Å²) < 4.78 is 0. The van der Waals surface area contributed by atoms with Crippen LogP contribution in [0.3, 0.4) is 0 Å². The number of piperidine rings is 1. The van der Waals surface area contributed by atoms with E-state index < -0.39 is 12.0 Å². The molecule has 3 atom stereocenters. The van der Waals surface area contributed by atoms with E-state index in [-0.39, 0.29) is 17.6 Å². The number of likely N-dealkylation sites (tertiary alicyclic amines) is 1. The van der Waals surface area contributed by atoms with Crippen LogP contribution in [-0.4, -0.2) is 39.6 Å². The van der Waals surface area contributed by atoms with Crippen LogP contribution in [0.25, 0.3) is 0 Å². The Kier molecular flexibility index (Phi) is 2.36. The van der Waals surface area contributed by atoms with E-state index in [2.05, 4.69) is 5.32 Å². The molecular formula is C11H18N2O3. The maximum Gasteiger partial charge on any atom is 0.326 e. The Bertz CT molecular complexity index is 335. The number of nitrogens with zero attached hydrogens (tertiary/aromatic N) is 1. The van der Waals surface area contributed by atoms with Gasteiger partial charge in [-0.25, -0.2) is 9.59 Å². The van der Waals surface area contributed by atoms with Crippen LogP contribution in [0.5, 0.6) is 0 Å². The van der Waals surface area contributed by atoms with E-state index in [0.29, 0.717) is 12.3 Å². The number of aliphatic carboxylic acids is 1. The first-order valence-electron chi connectivity index (χ1n) is 5.63. The van der Waals surface area contributed by atoms with Gasteiger partial charge >= 0.3 is 12.0 Å². The lowest BCUT2D eigenvalue weighted by atomic mass is 10.1. The van der Waals surface area contributed by atoms with Crippen LogP contribution in [0.15, 0.2) is 0 Å². The van der Waals surface area contributed by atoms with Gasteiger partial charge in [-0.05, 0) is 39.5 Å². The molecule has 2 rings (SSSR count). The zero-order valence-electron chi connectivity index (χ0n) is 9.86. The van der Waals surface area contributed by atoms with Crippen molar-refractivity contribution in [2.45, 2.75) is 51.2 Å². The Labute approximate surface area is 94.8 Å². The molecular weight excluding hydrogens is 208 g/mol. The summed E-state index contributed by atoms with van der Waals surface area (Å²) in [5.41, 5.74) is -0.326. The number of carboxylic acids is 1. The third kappa shape index (κ3) is 1.99. The topological polar surface area (TPSA) is 69.6 Å². The highest BCUT2D eigenvalue weighted by Crippen LogP contribution is 2.47. The minimum atomic E-state index is -0.892. The minimum Gasteiger partial charge on any atom is -0.480 e. The normalized spacial score (nSPS) is 32.2. The number of rotatable bonds is 1. The van der Waals surface area contributed by atoms with E-state index in [9.17, 15) is 9.59 Å². The largest absolute Gasteiger partial charge is 0.480 e. The number of carboxylic acid groups (broad SMARTS) is 1. The van der Waals surface area contributed by atoms with Crippen LogP contribution in [0, 0.1) is 5.92 Å². The number of fused-ring (bicyclic) bond motifs is 1. The highest BCUT2D eigenvalue weighted by atomic mass is 16.4. The summed E-state index contributed by atoms with van der Waals surface area (Å²) in [6, 6.07) is -0.723. The lowest BCUT2D eigenvalue weighted by molar-refractivity contribution is -0.141. The van der Waals surface area contributed by atoms with Gasteiger partial charge < -0.3 is 15.3 Å². The second-order valence-corrected chi connectivity index (χ2v) is 5.74. The number of nitrogens with one attached hydrogen (secondary N) is 1. The van der Waals surface area contributed by atoms with Gasteiger partial charge in [-0.15, -0.1) is 0 Å². The number of urea groups is 1. The quantitative estimate of drug-likeness (QED) is 0.702. The number of carbonyl (C=O) groups excluding carboxylic acids is 1. The maximum atomic E-state index is 12.0. The van der Waals surface area contributed by atoms with Crippen LogP contribution in [0.4, 0.5) is 4.79 Å². The van der Waals surface area contributed by atoms with Gasteiger partial charge in [0.1, 0.15) is 6.04 Å². The van der Waals surface area contributed by atoms with Crippen molar-refractivity contribution in [3.63, 3.8) is 0 Å². The van der Waals surface area contributed by atoms with Crippen molar-refractivity contribution in [1.82, 2.24) is 10.2 Å². The first kappa shape index (κ1) is 11.2. The van der Waals surface area contributed by atoms with Crippen molar-refractivity contribution in [2.24, 2.45) is 5.92 Å². The molecule has 16 heavy (non-hydrogen) atoms. The Hall–Kier alpha value is -1.26. The SMILES string of the molecule is CC(C)(C)NC(=O)N1[C@H](C(=O)O)C[C@@H]2C[C@@H]21. The van der Waals surface area contributed by atoms with Gasteiger partial charge in [-0.1, -0.05) is 0 Å². The van der Waals surface area contributed by atoms with Crippen LogP contribution in [0.1, 0.15) is 33.6 Å². The smallest absolute Gasteiger partial charge is 0.326 e. The van der Waals surface area contributed by atoms with E-state index in [1.807, 2.05) is 20.8 Å². The summed E-state index contributed by atoms with van der Waals surface area (Å²) in [5, 5.41) is 11.9. The van der Waals surface area contributed by atoms with Crippen molar-refractivity contribution < 1.29 is 14.7 Å². The molecule has 0 aromatic heterocycles. The van der Waals surface area contributed by atoms with Crippen molar-refractivity contribution in [3.05, 3.63) is 0 Å². The molecule has 2 aliphatic rings. The van der Waals surface area contributed by atoms with Gasteiger partial charge in [0, 0.05) is 11.6 Å². The molecule has 1 saturated carbocycles. The first-order valence-corrected chi connectivity index (χ1v) is 5.63. The van der Waals surface area contributed by atoms with Crippen LogP contribution >= 0.6 is 0 Å². The summed E-state index contributed by atoms with van der Waals surface area (Å²) in [6.45, 7) is 5.67. The molecule has 2 N–H and O–H groups in total. The van der Waals surface area contributed by atoms with Gasteiger partial charge in [0.25, 0.3) is 0 Å². The van der Waals surface area contributed by atoms with Gasteiger partial charge in [0.05, 0.1) is 0 Å². The maximum absolute atomic E-state index is 12.0. The number of amides is 2. The molecule has 2 amide bonds. The number of hydrogen-bond donors (Lipinski definition) is 2. The summed E-state index contributed by atoms with van der Waals surface area (Å²) in [5.74, 6) is -0.483. The second-order valence-electron chi connectivity index (χ2n) is 5.74. The molecule has 1 aliphatic heterocycles. The third-order valence-electron chi connectivity index (χ3n) is 3.11. The van der Waals surface area contributed by atoms with Crippen molar-refractivity contribution in [3.8, 4) is 0 Å². The summed E-state index contributed by atoms with van der Waals surface area (Å²) in [4.78, 5) is 24.5. The molecule has 5 heteroatoms. The Morgan fingerprint density at radius 2 is 1.94 bits per heavy atom. The number of carbonyl (C=O) groups is 2. The van der Waals surface area contributed by atoms with Crippen LogP contribution in [-0.2, 0) is 4.79 Å². The van der Waals surface area contributed by atoms with Gasteiger partial charge in [-0.3, -0.25) is 0 Å². The Morgan fingerprint density at radius 1 is 1.31 bits per heavy atom. The van der Waals surface area contributed by atoms with Crippen LogP contribution in [0.2, 0.25) is 0 Å². The van der Waals surface area contributed by atoms with Crippen LogP contribution < -0.4 is 5.32 Å². The molecule has 0 aromatic rings. The fraction of sp³-hybridized carbons (Fsp3) is 0.818. The molecule has 0 spiro atoms. The fourth-order valence-electron chi connectivity index (χ4n) is 2.35. The van der Waals surface area contributed by atoms with Gasteiger partial charge in [0.15, 0.2) is 0 Å². The molecule has 1 heterocycles. The molecule has 0 bridgehead atoms. The molecule has 0 radical (unpaired) electrons. The minimum absolute atomic E-state index is 0.156. The zero-order valence-corrected chi connectivity index (χ0v) is 9.86. The molecule has 1 saturated heterocycles. The average Bonchev–Trinajstić information content (AvgIpc) is 2.73. The van der Waals surface area contributed by atoms with E-state index in [1.54, 1.807) is 0 Å². The van der Waals surface area contributed by atoms with Gasteiger partial charge in [-0.2, -0.15) is 0 Å². The molecule has 90 valence electrons. The van der Waals surface area contributed by atoms with E-state index in [0.717, 1.165) is 6.42 Å². The fourth-order valence-corrected chi connectivity index (χ4v) is 2.35. The lowest BCUT2D eigenvalue weighted by Gasteiger charge is -2.29. The molecule has 1 aliphatic carbocycles. The molecule has 0 aromatic carbocycles. The number of hydrogen-bond acceptors (Lipinski definition) is 2. The second kappa shape index (κ2) is 3.37. The first-order chi connectivity index (χ1) is 7.29. The van der Waals surface area contributed by atoms with E-state index in [4.69, 9.17) is 5.11 Å². The van der Waals surface area contributed by atoms with Crippen molar-refractivity contribution in [1.29, 1.82) is 0 Å². The highest BCUT2D eigenvalue weighted by molar-refractivity contribution is 5.84. The lowest BCUT2D eigenvalue weighted by Crippen LogP contribution is -2.53. The molecule has 0 unspecified atom stereocenters. The molecule has 5 nitrogen and oxygen atoms in total. The predicted octanol–water partition coefficient (Wildman–Crippen LogP) is 1.04. The van der Waals surface area contributed by atoms with E-state index in [1.165, 1.54) is 4.90 Å². The van der Waals surface area contributed by atoms with E-state index >= 15 is 0 Å². The Morgan fingerprint density at radius 3 is 2.44 bits per heavy atom. The summed E-state index contributed by atoms with van der Waals surface area (Å²) in [7, 11) is 0. The van der Waals surface area contributed by atoms with Gasteiger partial charge in [0.2, 0.25) is 0 Å². The third-order valence-corrected chi connectivity index (χ3v) is 3.11. The predicted molar refractivity (Wildman–Crippen MR) is 58.1 cm³/mol. The zero-order chi connectivity index (χ0) is 12.1. The highest BCUT2D eigenvalue weighted by Gasteiger charge is 2.56. The molecule has 2 fully saturated rings. The summed E-state index contributed by atoms with van der Waals surface area (Å²) in [6.07, 6.45) is 1.57. The Balaban J connectivity index is 2.07.